The number of nitrogens with zero attached hydrogens (tertiary/aromatic N) is 2. The molecule has 11 heteroatoms. The molecule has 2 amide bonds. The van der Waals surface area contributed by atoms with Crippen molar-refractivity contribution in [2.45, 2.75) is 31.1 Å². The van der Waals surface area contributed by atoms with Crippen molar-refractivity contribution in [2.24, 2.45) is 5.92 Å². The molecule has 7 nitrogen and oxygen atoms in total. The SMILES string of the molecule is Nc1nccn(Cc2cc3c(cc2Cl)C(C#CC2CC2)(C(F)(F)F)NC(=O)N3)c1=O. The highest BCUT2D eigenvalue weighted by Gasteiger charge is 2.59. The normalized spacial score (nSPS) is 20.5. The van der Waals surface area contributed by atoms with Gasteiger partial charge in [0.1, 0.15) is 0 Å². The summed E-state index contributed by atoms with van der Waals surface area (Å²) >= 11 is 6.27. The summed E-state index contributed by atoms with van der Waals surface area (Å²) in [6, 6.07) is 1.38. The number of benzene rings is 1. The highest BCUT2D eigenvalue weighted by Crippen LogP contribution is 2.45. The van der Waals surface area contributed by atoms with Crippen LogP contribution in [0.3, 0.4) is 0 Å². The topological polar surface area (TPSA) is 102 Å². The zero-order chi connectivity index (χ0) is 21.7. The minimum absolute atomic E-state index is 0.0178. The third-order valence-corrected chi connectivity index (χ3v) is 5.24. The second kappa shape index (κ2) is 6.95. The second-order valence-electron chi connectivity index (χ2n) is 7.11. The van der Waals surface area contributed by atoms with Crippen LogP contribution in [0, 0.1) is 17.8 Å². The standard InChI is InChI=1S/C19H15ClF3N5O2/c20-13-8-12-14(7-11(13)9-28-6-5-25-15(24)16(28)29)26-17(30)27-18(12,19(21,22)23)4-3-10-1-2-10/h5-8,10H,1-2,9H2,(H2,24,25)(H2,26,27,30). The summed E-state index contributed by atoms with van der Waals surface area (Å²) in [5.74, 6) is 4.51. The molecule has 0 radical (unpaired) electrons. The Morgan fingerprint density at radius 1 is 1.33 bits per heavy atom. The first kappa shape index (κ1) is 20.1. The van der Waals surface area contributed by atoms with Crippen molar-refractivity contribution in [1.29, 1.82) is 0 Å². The number of fused-ring (bicyclic) bond motifs is 1. The van der Waals surface area contributed by atoms with E-state index in [0.29, 0.717) is 5.56 Å². The van der Waals surface area contributed by atoms with Crippen LogP contribution >= 0.6 is 11.6 Å². The number of carbonyl (C=O) groups excluding carboxylic acids is 1. The smallest absolute Gasteiger partial charge is 0.379 e. The molecule has 1 aliphatic heterocycles. The van der Waals surface area contributed by atoms with Gasteiger partial charge in [0.05, 0.1) is 6.54 Å². The Kier molecular flexibility index (Phi) is 4.66. The molecule has 1 atom stereocenters. The van der Waals surface area contributed by atoms with Crippen LogP contribution in [-0.2, 0) is 12.1 Å². The van der Waals surface area contributed by atoms with Gasteiger partial charge < -0.3 is 20.9 Å². The summed E-state index contributed by atoms with van der Waals surface area (Å²) in [7, 11) is 0. The van der Waals surface area contributed by atoms with E-state index in [0.717, 1.165) is 18.9 Å². The number of urea groups is 1. The maximum absolute atomic E-state index is 14.1. The highest BCUT2D eigenvalue weighted by molar-refractivity contribution is 6.31. The Bertz CT molecular complexity index is 1160. The number of nitrogens with one attached hydrogen (secondary N) is 2. The lowest BCUT2D eigenvalue weighted by atomic mass is 9.85. The van der Waals surface area contributed by atoms with Crippen molar-refractivity contribution < 1.29 is 18.0 Å². The van der Waals surface area contributed by atoms with E-state index in [1.807, 2.05) is 5.32 Å². The molecule has 0 spiro atoms. The van der Waals surface area contributed by atoms with Gasteiger partial charge in [-0.25, -0.2) is 9.78 Å². The molecule has 0 saturated heterocycles. The van der Waals surface area contributed by atoms with Gasteiger partial charge in [-0.2, -0.15) is 13.2 Å². The van der Waals surface area contributed by atoms with Crippen LogP contribution in [-0.4, -0.2) is 21.8 Å². The number of carbonyl (C=O) groups is 1. The second-order valence-corrected chi connectivity index (χ2v) is 7.51. The fraction of sp³-hybridized carbons (Fsp3) is 0.316. The molecule has 1 fully saturated rings. The fourth-order valence-electron chi connectivity index (χ4n) is 3.15. The van der Waals surface area contributed by atoms with E-state index in [1.54, 1.807) is 0 Å². The number of anilines is 2. The lowest BCUT2D eigenvalue weighted by molar-refractivity contribution is -0.178. The van der Waals surface area contributed by atoms with Crippen molar-refractivity contribution in [1.82, 2.24) is 14.9 Å². The lowest BCUT2D eigenvalue weighted by Crippen LogP contribution is -2.59. The highest BCUT2D eigenvalue weighted by atomic mass is 35.5. The van der Waals surface area contributed by atoms with Crippen LogP contribution in [0.1, 0.15) is 24.0 Å². The molecule has 2 aromatic rings. The number of alkyl halides is 3. The number of nitrogens with two attached hydrogens (primary N) is 1. The quantitative estimate of drug-likeness (QED) is 0.629. The largest absolute Gasteiger partial charge is 0.427 e. The number of nitrogen functional groups attached to an aromatic ring is 1. The van der Waals surface area contributed by atoms with Gasteiger partial charge >= 0.3 is 12.2 Å². The van der Waals surface area contributed by atoms with Crippen molar-refractivity contribution in [3.63, 3.8) is 0 Å². The van der Waals surface area contributed by atoms with Gasteiger partial charge in [0.25, 0.3) is 5.56 Å². The fourth-order valence-corrected chi connectivity index (χ4v) is 3.37. The third-order valence-electron chi connectivity index (χ3n) is 4.89. The molecule has 30 heavy (non-hydrogen) atoms. The zero-order valence-corrected chi connectivity index (χ0v) is 16.1. The van der Waals surface area contributed by atoms with Crippen LogP contribution in [0.5, 0.6) is 0 Å². The Labute approximate surface area is 173 Å². The van der Waals surface area contributed by atoms with Gasteiger partial charge in [0.2, 0.25) is 5.54 Å². The van der Waals surface area contributed by atoms with Gasteiger partial charge in [-0.15, -0.1) is 0 Å². The molecular weight excluding hydrogens is 423 g/mol. The monoisotopic (exact) mass is 437 g/mol. The molecule has 1 aromatic carbocycles. The molecule has 2 aliphatic rings. The number of amides is 2. The Morgan fingerprint density at radius 2 is 2.07 bits per heavy atom. The molecule has 2 heterocycles. The Balaban J connectivity index is 1.84. The van der Waals surface area contributed by atoms with Crippen molar-refractivity contribution >= 4 is 29.1 Å². The lowest BCUT2D eigenvalue weighted by Gasteiger charge is -2.37. The summed E-state index contributed by atoms with van der Waals surface area (Å²) in [4.78, 5) is 27.9. The first-order valence-corrected chi connectivity index (χ1v) is 9.31. The average Bonchev–Trinajstić information content (AvgIpc) is 3.48. The first-order chi connectivity index (χ1) is 14.1. The molecule has 4 N–H and O–H groups in total. The predicted molar refractivity (Wildman–Crippen MR) is 104 cm³/mol. The molecule has 1 unspecified atom stereocenters. The van der Waals surface area contributed by atoms with Gasteiger partial charge in [-0.05, 0) is 30.5 Å². The van der Waals surface area contributed by atoms with E-state index in [2.05, 4.69) is 22.1 Å². The zero-order valence-electron chi connectivity index (χ0n) is 15.3. The molecule has 1 aliphatic carbocycles. The Hall–Kier alpha value is -3.19. The van der Waals surface area contributed by atoms with Crippen LogP contribution in [0.4, 0.5) is 29.5 Å². The number of aromatic nitrogens is 2. The molecule has 156 valence electrons. The van der Waals surface area contributed by atoms with Crippen molar-refractivity contribution in [3.05, 3.63) is 51.0 Å². The minimum atomic E-state index is -4.89. The van der Waals surface area contributed by atoms with E-state index in [-0.39, 0.29) is 34.6 Å². The van der Waals surface area contributed by atoms with E-state index in [9.17, 15) is 22.8 Å². The maximum Gasteiger partial charge on any atom is 0.427 e. The first-order valence-electron chi connectivity index (χ1n) is 8.93. The third kappa shape index (κ3) is 3.45. The van der Waals surface area contributed by atoms with Crippen LogP contribution in [0.2, 0.25) is 5.02 Å². The Morgan fingerprint density at radius 3 is 2.73 bits per heavy atom. The summed E-state index contributed by atoms with van der Waals surface area (Å²) in [6.45, 7) is -0.0757. The van der Waals surface area contributed by atoms with Crippen LogP contribution in [0.25, 0.3) is 0 Å². The van der Waals surface area contributed by atoms with Crippen LogP contribution in [0.15, 0.2) is 29.3 Å². The average molecular weight is 438 g/mol. The number of hydrogen-bond donors (Lipinski definition) is 3. The van der Waals surface area contributed by atoms with E-state index >= 15 is 0 Å². The maximum atomic E-state index is 14.1. The van der Waals surface area contributed by atoms with Gasteiger partial charge in [0, 0.05) is 34.6 Å². The summed E-state index contributed by atoms with van der Waals surface area (Å²) in [5.41, 5.74) is 1.97. The van der Waals surface area contributed by atoms with Crippen LogP contribution < -0.4 is 21.9 Å². The number of hydrogen-bond acceptors (Lipinski definition) is 4. The molecule has 4 rings (SSSR count). The summed E-state index contributed by atoms with van der Waals surface area (Å²) in [6.07, 6.45) is -0.748. The number of halogens is 4. The van der Waals surface area contributed by atoms with Gasteiger partial charge in [-0.1, -0.05) is 23.4 Å². The summed E-state index contributed by atoms with van der Waals surface area (Å²) < 4.78 is 43.6. The van der Waals surface area contributed by atoms with Crippen molar-refractivity contribution in [3.8, 4) is 11.8 Å². The molecule has 1 saturated carbocycles. The van der Waals surface area contributed by atoms with Gasteiger partial charge in [-0.3, -0.25) is 4.79 Å². The molecule has 1 aromatic heterocycles. The predicted octanol–water partition coefficient (Wildman–Crippen LogP) is 2.83. The summed E-state index contributed by atoms with van der Waals surface area (Å²) in [5, 5.41) is 4.29. The van der Waals surface area contributed by atoms with E-state index in [1.165, 1.54) is 23.0 Å². The number of rotatable bonds is 2. The van der Waals surface area contributed by atoms with E-state index < -0.39 is 23.3 Å². The van der Waals surface area contributed by atoms with E-state index in [4.69, 9.17) is 17.3 Å². The minimum Gasteiger partial charge on any atom is -0.379 e. The van der Waals surface area contributed by atoms with Crippen molar-refractivity contribution in [2.75, 3.05) is 11.1 Å². The van der Waals surface area contributed by atoms with Gasteiger partial charge in [0.15, 0.2) is 5.82 Å². The molecule has 0 bridgehead atoms. The molecular formula is C19H15ClF3N5O2.